The van der Waals surface area contributed by atoms with Gasteiger partial charge in [0, 0.05) is 30.9 Å². The maximum Gasteiger partial charge on any atom is 0.131 e. The molecular formula is C19H20N2O2S. The molecule has 0 aliphatic heterocycles. The lowest BCUT2D eigenvalue weighted by Crippen LogP contribution is -2.12. The van der Waals surface area contributed by atoms with Crippen LogP contribution in [-0.4, -0.2) is 19.2 Å². The number of ether oxygens (including phenoxy) is 2. The third-order valence-electron chi connectivity index (χ3n) is 3.68. The van der Waals surface area contributed by atoms with E-state index in [0.717, 1.165) is 40.0 Å². The Hall–Kier alpha value is -2.37. The van der Waals surface area contributed by atoms with Crippen LogP contribution in [0.2, 0.25) is 0 Å². The van der Waals surface area contributed by atoms with Gasteiger partial charge in [0.25, 0.3) is 0 Å². The van der Waals surface area contributed by atoms with Gasteiger partial charge in [-0.15, -0.1) is 11.3 Å². The fourth-order valence-electron chi connectivity index (χ4n) is 2.43. The average Bonchev–Trinajstić information content (AvgIpc) is 3.10. The monoisotopic (exact) mass is 340 g/mol. The third kappa shape index (κ3) is 3.93. The molecule has 0 aliphatic rings. The van der Waals surface area contributed by atoms with Crippen LogP contribution in [0.4, 0.5) is 0 Å². The first-order valence-electron chi connectivity index (χ1n) is 7.72. The topological polar surface area (TPSA) is 43.4 Å². The Morgan fingerprint density at radius 3 is 2.58 bits per heavy atom. The summed E-state index contributed by atoms with van der Waals surface area (Å²) in [7, 11) is 3.32. The van der Waals surface area contributed by atoms with Gasteiger partial charge in [0.1, 0.15) is 16.5 Å². The van der Waals surface area contributed by atoms with Gasteiger partial charge in [-0.1, -0.05) is 30.3 Å². The molecule has 0 saturated carbocycles. The van der Waals surface area contributed by atoms with Crippen molar-refractivity contribution in [2.24, 2.45) is 0 Å². The van der Waals surface area contributed by atoms with Crippen LogP contribution < -0.4 is 14.8 Å². The fourth-order valence-corrected chi connectivity index (χ4v) is 3.35. The van der Waals surface area contributed by atoms with Gasteiger partial charge in [0.15, 0.2) is 0 Å². The smallest absolute Gasteiger partial charge is 0.131 e. The van der Waals surface area contributed by atoms with E-state index < -0.39 is 0 Å². The highest BCUT2D eigenvalue weighted by atomic mass is 32.1. The molecule has 1 aromatic heterocycles. The number of hydrogen-bond acceptors (Lipinski definition) is 5. The summed E-state index contributed by atoms with van der Waals surface area (Å²) in [5.41, 5.74) is 2.30. The van der Waals surface area contributed by atoms with E-state index in [9.17, 15) is 0 Å². The van der Waals surface area contributed by atoms with Gasteiger partial charge in [0.2, 0.25) is 0 Å². The minimum absolute atomic E-state index is 0.748. The first-order chi connectivity index (χ1) is 11.8. The summed E-state index contributed by atoms with van der Waals surface area (Å²) in [6, 6.07) is 16.2. The molecule has 0 aliphatic carbocycles. The molecule has 3 rings (SSSR count). The normalized spacial score (nSPS) is 10.6. The van der Waals surface area contributed by atoms with Crippen molar-refractivity contribution in [3.63, 3.8) is 0 Å². The molecule has 2 aromatic carbocycles. The molecule has 5 heteroatoms. The van der Waals surface area contributed by atoms with Gasteiger partial charge in [-0.25, -0.2) is 4.98 Å². The zero-order valence-electron chi connectivity index (χ0n) is 13.8. The van der Waals surface area contributed by atoms with Crippen molar-refractivity contribution in [3.8, 4) is 21.9 Å². The summed E-state index contributed by atoms with van der Waals surface area (Å²) < 4.78 is 10.7. The second-order valence-corrected chi connectivity index (χ2v) is 6.39. The molecule has 24 heavy (non-hydrogen) atoms. The number of aromatic nitrogens is 1. The number of nitrogens with zero attached hydrogens (tertiary/aromatic N) is 1. The predicted molar refractivity (Wildman–Crippen MR) is 97.6 cm³/mol. The van der Waals surface area contributed by atoms with E-state index in [1.165, 1.54) is 5.56 Å². The summed E-state index contributed by atoms with van der Waals surface area (Å²) >= 11 is 1.67. The molecule has 1 heterocycles. The van der Waals surface area contributed by atoms with Crippen LogP contribution in [-0.2, 0) is 13.1 Å². The number of nitrogens with one attached hydrogen (secondary N) is 1. The Kier molecular flexibility index (Phi) is 5.46. The molecule has 0 atom stereocenters. The summed E-state index contributed by atoms with van der Waals surface area (Å²) in [6.07, 6.45) is 1.90. The molecule has 124 valence electrons. The maximum atomic E-state index is 5.47. The lowest BCUT2D eigenvalue weighted by atomic mass is 10.1. The lowest BCUT2D eigenvalue weighted by molar-refractivity contribution is 0.395. The second-order valence-electron chi connectivity index (χ2n) is 5.27. The Balaban J connectivity index is 1.67. The van der Waals surface area contributed by atoms with Gasteiger partial charge in [-0.2, -0.15) is 0 Å². The Bertz CT molecular complexity index is 787. The molecule has 0 saturated heterocycles. The van der Waals surface area contributed by atoms with Gasteiger partial charge in [-0.3, -0.25) is 0 Å². The molecule has 0 fully saturated rings. The van der Waals surface area contributed by atoms with Crippen molar-refractivity contribution in [2.75, 3.05) is 14.2 Å². The summed E-state index contributed by atoms with van der Waals surface area (Å²) in [5.74, 6) is 1.58. The first-order valence-corrected chi connectivity index (χ1v) is 8.53. The minimum Gasteiger partial charge on any atom is -0.497 e. The van der Waals surface area contributed by atoms with Crippen molar-refractivity contribution in [2.45, 2.75) is 13.1 Å². The van der Waals surface area contributed by atoms with Crippen LogP contribution in [0.25, 0.3) is 10.4 Å². The van der Waals surface area contributed by atoms with Crippen molar-refractivity contribution >= 4 is 11.3 Å². The highest BCUT2D eigenvalue weighted by Crippen LogP contribution is 2.36. The van der Waals surface area contributed by atoms with Crippen LogP contribution in [0.1, 0.15) is 10.6 Å². The van der Waals surface area contributed by atoms with Crippen molar-refractivity contribution in [1.82, 2.24) is 10.3 Å². The molecule has 0 radical (unpaired) electrons. The average molecular weight is 340 g/mol. The fraction of sp³-hybridized carbons (Fsp3) is 0.211. The molecule has 3 aromatic rings. The van der Waals surface area contributed by atoms with Crippen molar-refractivity contribution < 1.29 is 9.47 Å². The van der Waals surface area contributed by atoms with Crippen LogP contribution in [0, 0.1) is 0 Å². The van der Waals surface area contributed by atoms with Gasteiger partial charge in [-0.05, 0) is 17.7 Å². The van der Waals surface area contributed by atoms with E-state index in [4.69, 9.17) is 9.47 Å². The standard InChI is InChI=1S/C19H20N2O2S/c1-22-15-8-9-16(17(10-15)23-2)18-12-21-19(24-18)13-20-11-14-6-4-3-5-7-14/h3-10,12,20H,11,13H2,1-2H3. The van der Waals surface area contributed by atoms with E-state index in [0.29, 0.717) is 0 Å². The molecule has 0 bridgehead atoms. The van der Waals surface area contributed by atoms with Crippen LogP contribution in [0.3, 0.4) is 0 Å². The van der Waals surface area contributed by atoms with E-state index >= 15 is 0 Å². The quantitative estimate of drug-likeness (QED) is 0.703. The van der Waals surface area contributed by atoms with Gasteiger partial charge in [0.05, 0.1) is 19.1 Å². The molecule has 0 spiro atoms. The predicted octanol–water partition coefficient (Wildman–Crippen LogP) is 4.12. The largest absolute Gasteiger partial charge is 0.497 e. The first kappa shape index (κ1) is 16.5. The maximum absolute atomic E-state index is 5.47. The number of rotatable bonds is 7. The van der Waals surface area contributed by atoms with E-state index in [2.05, 4.69) is 34.6 Å². The molecule has 1 N–H and O–H groups in total. The van der Waals surface area contributed by atoms with E-state index in [1.54, 1.807) is 25.6 Å². The van der Waals surface area contributed by atoms with Gasteiger partial charge < -0.3 is 14.8 Å². The number of thiazole rings is 1. The Labute approximate surface area is 146 Å². The molecular weight excluding hydrogens is 320 g/mol. The highest BCUT2D eigenvalue weighted by molar-refractivity contribution is 7.15. The lowest BCUT2D eigenvalue weighted by Gasteiger charge is -2.08. The molecule has 0 unspecified atom stereocenters. The second kappa shape index (κ2) is 7.95. The molecule has 0 amide bonds. The SMILES string of the molecule is COc1ccc(-c2cnc(CNCc3ccccc3)s2)c(OC)c1. The Morgan fingerprint density at radius 1 is 1.00 bits per heavy atom. The zero-order chi connectivity index (χ0) is 16.8. The van der Waals surface area contributed by atoms with Crippen molar-refractivity contribution in [1.29, 1.82) is 0 Å². The van der Waals surface area contributed by atoms with Crippen molar-refractivity contribution in [3.05, 3.63) is 65.3 Å². The highest BCUT2D eigenvalue weighted by Gasteiger charge is 2.11. The van der Waals surface area contributed by atoms with Crippen LogP contribution in [0.5, 0.6) is 11.5 Å². The summed E-state index contributed by atoms with van der Waals surface area (Å²) in [6.45, 7) is 1.58. The minimum atomic E-state index is 0.748. The number of benzene rings is 2. The molecule has 4 nitrogen and oxygen atoms in total. The van der Waals surface area contributed by atoms with Crippen LogP contribution >= 0.6 is 11.3 Å². The van der Waals surface area contributed by atoms with E-state index in [-0.39, 0.29) is 0 Å². The van der Waals surface area contributed by atoms with E-state index in [1.807, 2.05) is 30.5 Å². The number of methoxy groups -OCH3 is 2. The third-order valence-corrected chi connectivity index (χ3v) is 4.71. The summed E-state index contributed by atoms with van der Waals surface area (Å²) in [5, 5.41) is 4.48. The Morgan fingerprint density at radius 2 is 1.83 bits per heavy atom. The summed E-state index contributed by atoms with van der Waals surface area (Å²) in [4.78, 5) is 5.60. The van der Waals surface area contributed by atoms with Gasteiger partial charge >= 0.3 is 0 Å². The van der Waals surface area contributed by atoms with Crippen LogP contribution in [0.15, 0.2) is 54.7 Å². The number of hydrogen-bond donors (Lipinski definition) is 1. The zero-order valence-corrected chi connectivity index (χ0v) is 14.6.